The van der Waals surface area contributed by atoms with E-state index >= 15 is 0 Å². The molecule has 1 rings (SSSR count). The topological polar surface area (TPSA) is 53.1 Å². The lowest BCUT2D eigenvalue weighted by molar-refractivity contribution is 0.287. The molecule has 0 bridgehead atoms. The van der Waals surface area contributed by atoms with Gasteiger partial charge in [0.05, 0.1) is 10.3 Å². The molecule has 0 radical (unpaired) electrons. The third-order valence-corrected chi connectivity index (χ3v) is 3.46. The zero-order chi connectivity index (χ0) is 12.8. The van der Waals surface area contributed by atoms with Gasteiger partial charge in [-0.05, 0) is 34.1 Å². The molecule has 3 nitrogen and oxygen atoms in total. The van der Waals surface area contributed by atoms with Gasteiger partial charge >= 0.3 is 0 Å². The lowest BCUT2D eigenvalue weighted by Gasteiger charge is -2.20. The van der Waals surface area contributed by atoms with Crippen LogP contribution in [0.3, 0.4) is 0 Å². The summed E-state index contributed by atoms with van der Waals surface area (Å²) in [5.41, 5.74) is 6.24. The number of nitrogens with one attached hydrogen (secondary N) is 1. The van der Waals surface area contributed by atoms with E-state index in [1.165, 1.54) is 6.07 Å². The largest absolute Gasteiger partial charge is 0.388 e. The molecule has 1 aromatic rings. The Balaban J connectivity index is 2.67. The minimum Gasteiger partial charge on any atom is -0.388 e. The van der Waals surface area contributed by atoms with Crippen molar-refractivity contribution >= 4 is 21.8 Å². The van der Waals surface area contributed by atoms with Crippen molar-refractivity contribution in [2.24, 2.45) is 5.73 Å². The maximum absolute atomic E-state index is 13.3. The van der Waals surface area contributed by atoms with Gasteiger partial charge in [-0.1, -0.05) is 19.1 Å². The van der Waals surface area contributed by atoms with Gasteiger partial charge in [0.25, 0.3) is 0 Å². The molecule has 0 amide bonds. The first-order valence-electron chi connectivity index (χ1n) is 5.52. The number of amidine groups is 1. The van der Waals surface area contributed by atoms with Gasteiger partial charge in [-0.3, -0.25) is 10.3 Å². The highest BCUT2D eigenvalue weighted by molar-refractivity contribution is 9.10. The average molecular weight is 302 g/mol. The molecule has 0 aliphatic rings. The summed E-state index contributed by atoms with van der Waals surface area (Å²) in [4.78, 5) is 2.13. The van der Waals surface area contributed by atoms with Crippen LogP contribution in [0.2, 0.25) is 0 Å². The monoisotopic (exact) mass is 301 g/mol. The van der Waals surface area contributed by atoms with Gasteiger partial charge in [0.2, 0.25) is 0 Å². The van der Waals surface area contributed by atoms with Crippen molar-refractivity contribution in [3.63, 3.8) is 0 Å². The number of hydrogen-bond donors (Lipinski definition) is 2. The number of nitrogens with zero attached hydrogens (tertiary/aromatic N) is 1. The van der Waals surface area contributed by atoms with Crippen molar-refractivity contribution in [1.82, 2.24) is 4.90 Å². The average Bonchev–Trinajstić information content (AvgIpc) is 2.29. The molecule has 3 N–H and O–H groups in total. The van der Waals surface area contributed by atoms with Gasteiger partial charge < -0.3 is 5.73 Å². The van der Waals surface area contributed by atoms with Gasteiger partial charge in [-0.25, -0.2) is 4.39 Å². The Morgan fingerprint density at radius 2 is 2.24 bits per heavy atom. The van der Waals surface area contributed by atoms with Crippen LogP contribution < -0.4 is 5.73 Å². The molecule has 17 heavy (non-hydrogen) atoms. The van der Waals surface area contributed by atoms with E-state index in [-0.39, 0.29) is 11.7 Å². The molecule has 0 saturated carbocycles. The normalized spacial score (nSPS) is 10.8. The van der Waals surface area contributed by atoms with Crippen LogP contribution in [0.1, 0.15) is 18.9 Å². The number of benzene rings is 1. The summed E-state index contributed by atoms with van der Waals surface area (Å²) in [6, 6.07) is 5.03. The van der Waals surface area contributed by atoms with Crippen LogP contribution in [0.25, 0.3) is 0 Å². The maximum Gasteiger partial charge on any atom is 0.137 e. The number of hydrogen-bond acceptors (Lipinski definition) is 2. The van der Waals surface area contributed by atoms with Crippen molar-refractivity contribution in [2.75, 3.05) is 13.1 Å². The van der Waals surface area contributed by atoms with Crippen molar-refractivity contribution in [2.45, 2.75) is 19.9 Å². The van der Waals surface area contributed by atoms with Crippen LogP contribution in [0, 0.1) is 11.2 Å². The SMILES string of the molecule is CCN(CCC(=N)N)Cc1cccc(F)c1Br. The van der Waals surface area contributed by atoms with E-state index in [4.69, 9.17) is 11.1 Å². The van der Waals surface area contributed by atoms with E-state index in [1.807, 2.05) is 13.0 Å². The molecule has 0 saturated heterocycles. The maximum atomic E-state index is 13.3. The molecule has 0 heterocycles. The molecule has 0 aliphatic heterocycles. The summed E-state index contributed by atoms with van der Waals surface area (Å²) in [6.45, 7) is 4.25. The first kappa shape index (κ1) is 14.1. The highest BCUT2D eigenvalue weighted by Crippen LogP contribution is 2.21. The lowest BCUT2D eigenvalue weighted by Crippen LogP contribution is -2.27. The fraction of sp³-hybridized carbons (Fsp3) is 0.417. The number of rotatable bonds is 6. The molecule has 0 aromatic heterocycles. The van der Waals surface area contributed by atoms with Gasteiger partial charge in [-0.2, -0.15) is 0 Å². The molecular weight excluding hydrogens is 285 g/mol. The zero-order valence-corrected chi connectivity index (χ0v) is 11.4. The Bertz CT molecular complexity index is 395. The Labute approximate surface area is 109 Å². The van der Waals surface area contributed by atoms with Crippen LogP contribution in [-0.4, -0.2) is 23.8 Å². The molecule has 1 aromatic carbocycles. The van der Waals surface area contributed by atoms with E-state index in [0.717, 1.165) is 18.7 Å². The fourth-order valence-electron chi connectivity index (χ4n) is 1.54. The van der Waals surface area contributed by atoms with Crippen LogP contribution in [-0.2, 0) is 6.54 Å². The van der Waals surface area contributed by atoms with E-state index < -0.39 is 0 Å². The van der Waals surface area contributed by atoms with Crippen LogP contribution in [0.4, 0.5) is 4.39 Å². The second kappa shape index (κ2) is 6.71. The molecule has 0 spiro atoms. The highest BCUT2D eigenvalue weighted by atomic mass is 79.9. The predicted octanol–water partition coefficient (Wildman–Crippen LogP) is 2.74. The molecule has 0 atom stereocenters. The first-order chi connectivity index (χ1) is 8.04. The fourth-order valence-corrected chi connectivity index (χ4v) is 1.93. The predicted molar refractivity (Wildman–Crippen MR) is 71.6 cm³/mol. The summed E-state index contributed by atoms with van der Waals surface area (Å²) < 4.78 is 13.8. The highest BCUT2D eigenvalue weighted by Gasteiger charge is 2.09. The summed E-state index contributed by atoms with van der Waals surface area (Å²) in [5, 5.41) is 7.20. The number of nitrogens with two attached hydrogens (primary N) is 1. The van der Waals surface area contributed by atoms with Gasteiger partial charge in [0.15, 0.2) is 0 Å². The molecule has 94 valence electrons. The van der Waals surface area contributed by atoms with Gasteiger partial charge in [0.1, 0.15) is 5.82 Å². The standard InChI is InChI=1S/C12H17BrFN3/c1-2-17(7-6-11(15)16)8-9-4-3-5-10(14)12(9)13/h3-5H,2,6-8H2,1H3,(H3,15,16). The number of halogens is 2. The second-order valence-corrected chi connectivity index (χ2v) is 4.65. The molecular formula is C12H17BrFN3. The summed E-state index contributed by atoms with van der Waals surface area (Å²) in [5.74, 6) is -0.0631. The Hall–Kier alpha value is -0.940. The van der Waals surface area contributed by atoms with Crippen molar-refractivity contribution < 1.29 is 4.39 Å². The Morgan fingerprint density at radius 1 is 1.53 bits per heavy atom. The van der Waals surface area contributed by atoms with E-state index in [2.05, 4.69) is 20.8 Å². The lowest BCUT2D eigenvalue weighted by atomic mass is 10.2. The summed E-state index contributed by atoms with van der Waals surface area (Å²) in [7, 11) is 0. The molecule has 5 heteroatoms. The van der Waals surface area contributed by atoms with Crippen molar-refractivity contribution in [3.8, 4) is 0 Å². The Kier molecular flexibility index (Phi) is 5.58. The molecule has 0 fully saturated rings. The van der Waals surface area contributed by atoms with Crippen molar-refractivity contribution in [3.05, 3.63) is 34.1 Å². The van der Waals surface area contributed by atoms with Gasteiger partial charge in [0, 0.05) is 19.5 Å². The molecule has 0 unspecified atom stereocenters. The van der Waals surface area contributed by atoms with Crippen LogP contribution in [0.5, 0.6) is 0 Å². The van der Waals surface area contributed by atoms with Gasteiger partial charge in [-0.15, -0.1) is 0 Å². The van der Waals surface area contributed by atoms with E-state index in [0.29, 0.717) is 17.4 Å². The van der Waals surface area contributed by atoms with Crippen molar-refractivity contribution in [1.29, 1.82) is 5.41 Å². The van der Waals surface area contributed by atoms with E-state index in [9.17, 15) is 4.39 Å². The Morgan fingerprint density at radius 3 is 2.82 bits per heavy atom. The quantitative estimate of drug-likeness (QED) is 0.627. The zero-order valence-electron chi connectivity index (χ0n) is 9.84. The van der Waals surface area contributed by atoms with Crippen LogP contribution >= 0.6 is 15.9 Å². The third kappa shape index (κ3) is 4.44. The second-order valence-electron chi connectivity index (χ2n) is 3.86. The molecule has 0 aliphatic carbocycles. The summed E-state index contributed by atoms with van der Waals surface area (Å²) in [6.07, 6.45) is 0.542. The summed E-state index contributed by atoms with van der Waals surface area (Å²) >= 11 is 3.25. The minimum absolute atomic E-state index is 0.182. The third-order valence-electron chi connectivity index (χ3n) is 2.57. The van der Waals surface area contributed by atoms with Crippen LogP contribution in [0.15, 0.2) is 22.7 Å². The smallest absolute Gasteiger partial charge is 0.137 e. The minimum atomic E-state index is -0.245. The van der Waals surface area contributed by atoms with E-state index in [1.54, 1.807) is 6.07 Å². The first-order valence-corrected chi connectivity index (χ1v) is 6.32.